The molecule has 0 bridgehead atoms. The SMILES string of the molecule is COC(=O)c1cc(-c2ccccc2)c2ncccc2c1. The summed E-state index contributed by atoms with van der Waals surface area (Å²) in [6, 6.07) is 17.3. The molecule has 0 radical (unpaired) electrons. The van der Waals surface area contributed by atoms with Gasteiger partial charge in [-0.25, -0.2) is 4.79 Å². The number of benzene rings is 2. The van der Waals surface area contributed by atoms with Crippen molar-refractivity contribution in [3.63, 3.8) is 0 Å². The number of aromatic nitrogens is 1. The van der Waals surface area contributed by atoms with Crippen LogP contribution in [0, 0.1) is 0 Å². The van der Waals surface area contributed by atoms with Gasteiger partial charge in [0, 0.05) is 17.1 Å². The molecular weight excluding hydrogens is 250 g/mol. The van der Waals surface area contributed by atoms with E-state index in [1.807, 2.05) is 48.5 Å². The Bertz CT molecular complexity index is 766. The lowest BCUT2D eigenvalue weighted by atomic mass is 9.99. The lowest BCUT2D eigenvalue weighted by molar-refractivity contribution is 0.0601. The Morgan fingerprint density at radius 3 is 2.60 bits per heavy atom. The van der Waals surface area contributed by atoms with Gasteiger partial charge in [0.1, 0.15) is 0 Å². The summed E-state index contributed by atoms with van der Waals surface area (Å²) in [4.78, 5) is 16.2. The minimum atomic E-state index is -0.340. The zero-order valence-electron chi connectivity index (χ0n) is 11.0. The highest BCUT2D eigenvalue weighted by molar-refractivity contribution is 6.01. The fraction of sp³-hybridized carbons (Fsp3) is 0.0588. The number of nitrogens with zero attached hydrogens (tertiary/aromatic N) is 1. The van der Waals surface area contributed by atoms with Gasteiger partial charge in [-0.15, -0.1) is 0 Å². The number of esters is 1. The molecule has 3 rings (SSSR count). The van der Waals surface area contributed by atoms with E-state index in [2.05, 4.69) is 4.98 Å². The molecule has 0 aliphatic rings. The minimum absolute atomic E-state index is 0.340. The summed E-state index contributed by atoms with van der Waals surface area (Å²) in [5.41, 5.74) is 3.38. The van der Waals surface area contributed by atoms with Crippen LogP contribution in [0.2, 0.25) is 0 Å². The van der Waals surface area contributed by atoms with Crippen LogP contribution in [0.4, 0.5) is 0 Å². The lowest BCUT2D eigenvalue weighted by Gasteiger charge is -2.08. The number of carbonyl (C=O) groups excluding carboxylic acids is 1. The minimum Gasteiger partial charge on any atom is -0.465 e. The van der Waals surface area contributed by atoms with Crippen LogP contribution in [0.3, 0.4) is 0 Å². The Balaban J connectivity index is 2.31. The molecule has 0 aliphatic heterocycles. The second kappa shape index (κ2) is 5.13. The summed E-state index contributed by atoms with van der Waals surface area (Å²) in [6.45, 7) is 0. The van der Waals surface area contributed by atoms with E-state index in [1.165, 1.54) is 7.11 Å². The maximum Gasteiger partial charge on any atom is 0.337 e. The Morgan fingerprint density at radius 1 is 1.05 bits per heavy atom. The number of pyridine rings is 1. The molecule has 1 aromatic heterocycles. The van der Waals surface area contributed by atoms with Crippen molar-refractivity contribution >= 4 is 16.9 Å². The number of rotatable bonds is 2. The normalized spacial score (nSPS) is 10.4. The predicted molar refractivity (Wildman–Crippen MR) is 78.5 cm³/mol. The van der Waals surface area contributed by atoms with Crippen molar-refractivity contribution in [3.05, 3.63) is 66.4 Å². The zero-order chi connectivity index (χ0) is 13.9. The Hall–Kier alpha value is -2.68. The molecule has 3 heteroatoms. The predicted octanol–water partition coefficient (Wildman–Crippen LogP) is 3.69. The highest BCUT2D eigenvalue weighted by Crippen LogP contribution is 2.28. The smallest absolute Gasteiger partial charge is 0.337 e. The van der Waals surface area contributed by atoms with Crippen molar-refractivity contribution in [2.45, 2.75) is 0 Å². The first-order valence-electron chi connectivity index (χ1n) is 6.32. The Morgan fingerprint density at radius 2 is 1.85 bits per heavy atom. The van der Waals surface area contributed by atoms with Crippen molar-refractivity contribution in [2.75, 3.05) is 7.11 Å². The van der Waals surface area contributed by atoms with E-state index in [9.17, 15) is 4.79 Å². The van der Waals surface area contributed by atoms with Gasteiger partial charge >= 0.3 is 5.97 Å². The van der Waals surface area contributed by atoms with E-state index in [-0.39, 0.29) is 5.97 Å². The van der Waals surface area contributed by atoms with Gasteiger partial charge in [-0.05, 0) is 23.8 Å². The highest BCUT2D eigenvalue weighted by atomic mass is 16.5. The topological polar surface area (TPSA) is 39.2 Å². The van der Waals surface area contributed by atoms with Crippen LogP contribution in [-0.2, 0) is 4.74 Å². The van der Waals surface area contributed by atoms with Crippen molar-refractivity contribution in [2.24, 2.45) is 0 Å². The Labute approximate surface area is 116 Å². The van der Waals surface area contributed by atoms with Crippen LogP contribution in [0.15, 0.2) is 60.8 Å². The van der Waals surface area contributed by atoms with E-state index >= 15 is 0 Å². The van der Waals surface area contributed by atoms with Gasteiger partial charge in [0.05, 0.1) is 18.2 Å². The van der Waals surface area contributed by atoms with Gasteiger partial charge in [-0.1, -0.05) is 36.4 Å². The number of carbonyl (C=O) groups is 1. The molecule has 0 spiro atoms. The van der Waals surface area contributed by atoms with E-state index in [1.54, 1.807) is 12.3 Å². The molecule has 0 atom stereocenters. The van der Waals surface area contributed by atoms with Gasteiger partial charge in [0.2, 0.25) is 0 Å². The zero-order valence-corrected chi connectivity index (χ0v) is 11.0. The molecule has 0 N–H and O–H groups in total. The van der Waals surface area contributed by atoms with Crippen LogP contribution < -0.4 is 0 Å². The summed E-state index contributed by atoms with van der Waals surface area (Å²) in [7, 11) is 1.39. The summed E-state index contributed by atoms with van der Waals surface area (Å²) in [5.74, 6) is -0.340. The largest absolute Gasteiger partial charge is 0.465 e. The van der Waals surface area contributed by atoms with E-state index in [0.29, 0.717) is 5.56 Å². The van der Waals surface area contributed by atoms with Crippen molar-refractivity contribution < 1.29 is 9.53 Å². The standard InChI is InChI=1S/C17H13NO2/c1-20-17(19)14-10-13-8-5-9-18-16(13)15(11-14)12-6-3-2-4-7-12/h2-11H,1H3. The fourth-order valence-corrected chi connectivity index (χ4v) is 2.27. The summed E-state index contributed by atoms with van der Waals surface area (Å²) < 4.78 is 4.82. The first-order chi connectivity index (χ1) is 9.79. The van der Waals surface area contributed by atoms with Gasteiger partial charge in [0.25, 0.3) is 0 Å². The quantitative estimate of drug-likeness (QED) is 0.662. The average Bonchev–Trinajstić information content (AvgIpc) is 2.54. The molecule has 3 nitrogen and oxygen atoms in total. The molecule has 0 saturated heterocycles. The number of methoxy groups -OCH3 is 1. The van der Waals surface area contributed by atoms with Crippen molar-refractivity contribution in [3.8, 4) is 11.1 Å². The first-order valence-corrected chi connectivity index (χ1v) is 6.32. The molecule has 0 unspecified atom stereocenters. The van der Waals surface area contributed by atoms with Gasteiger partial charge in [0.15, 0.2) is 0 Å². The second-order valence-electron chi connectivity index (χ2n) is 4.46. The van der Waals surface area contributed by atoms with E-state index in [0.717, 1.165) is 22.0 Å². The van der Waals surface area contributed by atoms with Crippen LogP contribution in [0.5, 0.6) is 0 Å². The molecule has 0 aliphatic carbocycles. The van der Waals surface area contributed by atoms with Gasteiger partial charge in [-0.3, -0.25) is 4.98 Å². The van der Waals surface area contributed by atoms with Crippen molar-refractivity contribution in [1.29, 1.82) is 0 Å². The third kappa shape index (κ3) is 2.14. The molecule has 98 valence electrons. The molecule has 0 amide bonds. The van der Waals surface area contributed by atoms with Gasteiger partial charge in [-0.2, -0.15) is 0 Å². The van der Waals surface area contributed by atoms with Crippen LogP contribution in [0.1, 0.15) is 10.4 Å². The second-order valence-corrected chi connectivity index (χ2v) is 4.46. The molecule has 2 aromatic carbocycles. The van der Waals surface area contributed by atoms with Crippen LogP contribution in [-0.4, -0.2) is 18.1 Å². The number of ether oxygens (including phenoxy) is 1. The summed E-state index contributed by atoms with van der Waals surface area (Å²) >= 11 is 0. The number of hydrogen-bond acceptors (Lipinski definition) is 3. The van der Waals surface area contributed by atoms with E-state index in [4.69, 9.17) is 4.74 Å². The van der Waals surface area contributed by atoms with Crippen LogP contribution in [0.25, 0.3) is 22.0 Å². The molecule has 0 saturated carbocycles. The molecule has 3 aromatic rings. The maximum atomic E-state index is 11.8. The first kappa shape index (κ1) is 12.4. The summed E-state index contributed by atoms with van der Waals surface area (Å²) in [6.07, 6.45) is 1.76. The van der Waals surface area contributed by atoms with Gasteiger partial charge < -0.3 is 4.74 Å². The summed E-state index contributed by atoms with van der Waals surface area (Å²) in [5, 5.41) is 0.925. The van der Waals surface area contributed by atoms with E-state index < -0.39 is 0 Å². The average molecular weight is 263 g/mol. The monoisotopic (exact) mass is 263 g/mol. The highest BCUT2D eigenvalue weighted by Gasteiger charge is 2.12. The third-order valence-corrected chi connectivity index (χ3v) is 3.21. The lowest BCUT2D eigenvalue weighted by Crippen LogP contribution is -2.02. The number of hydrogen-bond donors (Lipinski definition) is 0. The fourth-order valence-electron chi connectivity index (χ4n) is 2.27. The van der Waals surface area contributed by atoms with Crippen LogP contribution >= 0.6 is 0 Å². The molecule has 20 heavy (non-hydrogen) atoms. The molecule has 0 fully saturated rings. The molecule has 1 heterocycles. The molecular formula is C17H13NO2. The maximum absolute atomic E-state index is 11.8. The van der Waals surface area contributed by atoms with Crippen molar-refractivity contribution in [1.82, 2.24) is 4.98 Å². The number of fused-ring (bicyclic) bond motifs is 1. The third-order valence-electron chi connectivity index (χ3n) is 3.21. The Kier molecular flexibility index (Phi) is 3.17.